The summed E-state index contributed by atoms with van der Waals surface area (Å²) in [7, 11) is 0. The van der Waals surface area contributed by atoms with E-state index < -0.39 is 35.5 Å². The smallest absolute Gasteiger partial charge is 0.493 e. The molecule has 0 amide bonds. The predicted octanol–water partition coefficient (Wildman–Crippen LogP) is 5.99. The minimum Gasteiger partial charge on any atom is -0.493 e. The first-order chi connectivity index (χ1) is 22.0. The van der Waals surface area contributed by atoms with Gasteiger partial charge in [-0.1, -0.05) is 54.6 Å². The van der Waals surface area contributed by atoms with E-state index in [1.165, 1.54) is 18.2 Å². The molecule has 3 aromatic rings. The number of rotatable bonds is 13. The quantitative estimate of drug-likeness (QED) is 0.0661. The van der Waals surface area contributed by atoms with E-state index in [2.05, 4.69) is 10.6 Å². The topological polar surface area (TPSA) is 168 Å². The van der Waals surface area contributed by atoms with Gasteiger partial charge >= 0.3 is 12.3 Å². The Kier molecular flexibility index (Phi) is 11.5. The number of carbonyl (C=O) groups excluding carboxylic acids is 2. The molecule has 13 heteroatoms. The fourth-order valence-corrected chi connectivity index (χ4v) is 4.90. The van der Waals surface area contributed by atoms with Gasteiger partial charge in [0.15, 0.2) is 0 Å². The van der Waals surface area contributed by atoms with Crippen LogP contribution >= 0.6 is 0 Å². The first kappa shape index (κ1) is 33.7. The first-order valence-corrected chi connectivity index (χ1v) is 14.7. The molecule has 0 aliphatic carbocycles. The number of nitrogens with zero attached hydrogens (tertiary/aromatic N) is 1. The number of dihydropyridines is 1. The molecule has 1 heterocycles. The van der Waals surface area contributed by atoms with Crippen LogP contribution in [0.3, 0.4) is 0 Å². The van der Waals surface area contributed by atoms with E-state index in [1.54, 1.807) is 33.8 Å². The van der Waals surface area contributed by atoms with Crippen LogP contribution in [-0.2, 0) is 18.9 Å². The van der Waals surface area contributed by atoms with Gasteiger partial charge in [0, 0.05) is 30.0 Å². The number of nitro benzene ring substituents is 1. The van der Waals surface area contributed by atoms with Crippen LogP contribution in [0.15, 0.2) is 89.6 Å². The molecule has 1 aliphatic heterocycles. The van der Waals surface area contributed by atoms with Crippen LogP contribution in [0.1, 0.15) is 45.6 Å². The summed E-state index contributed by atoms with van der Waals surface area (Å²) in [5.74, 6) is -0.538. The van der Waals surface area contributed by atoms with Gasteiger partial charge in [-0.15, -0.1) is 0 Å². The zero-order chi connectivity index (χ0) is 33.2. The Morgan fingerprint density at radius 2 is 1.59 bits per heavy atom. The van der Waals surface area contributed by atoms with Crippen LogP contribution < -0.4 is 15.4 Å². The first-order valence-electron chi connectivity index (χ1n) is 14.7. The number of aliphatic hydroxyl groups excluding tert-OH is 1. The lowest BCUT2D eigenvalue weighted by Gasteiger charge is -2.30. The molecule has 0 bridgehead atoms. The third-order valence-electron chi connectivity index (χ3n) is 6.90. The minimum absolute atomic E-state index is 0.0381. The van der Waals surface area contributed by atoms with Gasteiger partial charge in [0.1, 0.15) is 36.0 Å². The molecule has 0 aromatic heterocycles. The van der Waals surface area contributed by atoms with Crippen LogP contribution in [-0.4, -0.2) is 54.4 Å². The number of para-hydroxylation sites is 1. The van der Waals surface area contributed by atoms with Gasteiger partial charge in [0.25, 0.3) is 5.69 Å². The van der Waals surface area contributed by atoms with E-state index in [0.717, 1.165) is 10.8 Å². The number of nitrogens with one attached hydrogen (secondary N) is 2. The number of hydrogen-bond donors (Lipinski definition) is 3. The Labute approximate surface area is 265 Å². The summed E-state index contributed by atoms with van der Waals surface area (Å²) in [4.78, 5) is 36.6. The van der Waals surface area contributed by atoms with Crippen molar-refractivity contribution >= 4 is 28.8 Å². The van der Waals surface area contributed by atoms with E-state index in [-0.39, 0.29) is 48.9 Å². The van der Waals surface area contributed by atoms with Crippen molar-refractivity contribution in [3.05, 3.63) is 105 Å². The molecule has 0 saturated heterocycles. The SMILES string of the molecule is CC1=C(OC(=O)OCCNC(O)CCOc2cccc3ccccc23)C(c2ccccc2[N+](=O)[O-])C(OC(=O)OC(C)C)=C(C)N1. The second kappa shape index (κ2) is 15.7. The standard InChI is InChI=1S/C33H37N3O10/c1-20(2)44-33(39)46-31-22(4)35-21(3)30(29(31)25-13-7-8-14-26(25)36(40)41)45-32(38)43-19-17-34-28(37)16-18-42-27-15-9-11-23-10-5-6-12-24(23)27/h5-15,20,28-29,34-35,37H,16-19H2,1-4H3. The number of allylic oxidation sites excluding steroid dienone is 2. The number of benzene rings is 3. The Bertz CT molecular complexity index is 1630. The second-order valence-corrected chi connectivity index (χ2v) is 10.7. The Balaban J connectivity index is 1.35. The average Bonchev–Trinajstić information content (AvgIpc) is 3.01. The number of carbonyl (C=O) groups is 2. The van der Waals surface area contributed by atoms with Gasteiger partial charge in [0.2, 0.25) is 0 Å². The van der Waals surface area contributed by atoms with Gasteiger partial charge in [0.05, 0.1) is 29.0 Å². The summed E-state index contributed by atoms with van der Waals surface area (Å²) in [6, 6.07) is 19.5. The normalized spacial score (nSPS) is 15.3. The number of nitro groups is 1. The largest absolute Gasteiger partial charge is 0.513 e. The molecule has 3 aromatic carbocycles. The number of ether oxygens (including phenoxy) is 5. The maximum Gasteiger partial charge on any atom is 0.513 e. The molecule has 0 radical (unpaired) electrons. The lowest BCUT2D eigenvalue weighted by molar-refractivity contribution is -0.385. The Morgan fingerprint density at radius 3 is 2.30 bits per heavy atom. The van der Waals surface area contributed by atoms with E-state index in [9.17, 15) is 24.8 Å². The van der Waals surface area contributed by atoms with E-state index >= 15 is 0 Å². The fraction of sp³-hybridized carbons (Fsp3) is 0.333. The third kappa shape index (κ3) is 8.73. The zero-order valence-electron chi connectivity index (χ0n) is 26.0. The molecule has 2 atom stereocenters. The highest BCUT2D eigenvalue weighted by atomic mass is 16.7. The zero-order valence-corrected chi connectivity index (χ0v) is 26.0. The molecule has 4 rings (SSSR count). The monoisotopic (exact) mass is 635 g/mol. The molecular weight excluding hydrogens is 598 g/mol. The van der Waals surface area contributed by atoms with Crippen LogP contribution in [0, 0.1) is 10.1 Å². The summed E-state index contributed by atoms with van der Waals surface area (Å²) in [5.41, 5.74) is 0.565. The molecule has 244 valence electrons. The maximum absolute atomic E-state index is 12.8. The van der Waals surface area contributed by atoms with Crippen molar-refractivity contribution in [3.8, 4) is 5.75 Å². The van der Waals surface area contributed by atoms with Crippen LogP contribution in [0.25, 0.3) is 10.8 Å². The molecule has 13 nitrogen and oxygen atoms in total. The van der Waals surface area contributed by atoms with Crippen molar-refractivity contribution in [2.24, 2.45) is 0 Å². The van der Waals surface area contributed by atoms with Crippen molar-refractivity contribution in [2.45, 2.75) is 52.4 Å². The van der Waals surface area contributed by atoms with Gasteiger partial charge in [-0.25, -0.2) is 9.59 Å². The lowest BCUT2D eigenvalue weighted by Crippen LogP contribution is -2.34. The Morgan fingerprint density at radius 1 is 0.935 bits per heavy atom. The third-order valence-corrected chi connectivity index (χ3v) is 6.90. The van der Waals surface area contributed by atoms with Gasteiger partial charge in [-0.2, -0.15) is 0 Å². The Hall–Kier alpha value is -5.14. The average molecular weight is 636 g/mol. The van der Waals surface area contributed by atoms with Gasteiger partial charge < -0.3 is 34.1 Å². The summed E-state index contributed by atoms with van der Waals surface area (Å²) < 4.78 is 27.2. The van der Waals surface area contributed by atoms with Crippen molar-refractivity contribution < 1.29 is 43.3 Å². The summed E-state index contributed by atoms with van der Waals surface area (Å²) in [6.45, 7) is 6.70. The molecular formula is C33H37N3O10. The number of hydrogen-bond acceptors (Lipinski definition) is 12. The fourth-order valence-electron chi connectivity index (χ4n) is 4.90. The minimum atomic E-state index is -1.16. The van der Waals surface area contributed by atoms with Gasteiger partial charge in [-0.3, -0.25) is 15.4 Å². The van der Waals surface area contributed by atoms with Crippen molar-refractivity contribution in [1.82, 2.24) is 10.6 Å². The van der Waals surface area contributed by atoms with Gasteiger partial charge in [-0.05, 0) is 39.1 Å². The molecule has 46 heavy (non-hydrogen) atoms. The highest BCUT2D eigenvalue weighted by Gasteiger charge is 2.39. The highest BCUT2D eigenvalue weighted by molar-refractivity contribution is 5.88. The predicted molar refractivity (Wildman–Crippen MR) is 168 cm³/mol. The number of fused-ring (bicyclic) bond motifs is 1. The van der Waals surface area contributed by atoms with Crippen molar-refractivity contribution in [3.63, 3.8) is 0 Å². The molecule has 1 aliphatic rings. The van der Waals surface area contributed by atoms with E-state index in [1.807, 2.05) is 42.5 Å². The molecule has 2 unspecified atom stereocenters. The van der Waals surface area contributed by atoms with Crippen LogP contribution in [0.2, 0.25) is 0 Å². The van der Waals surface area contributed by atoms with Crippen LogP contribution in [0.5, 0.6) is 5.75 Å². The van der Waals surface area contributed by atoms with Crippen LogP contribution in [0.4, 0.5) is 15.3 Å². The summed E-state index contributed by atoms with van der Waals surface area (Å²) in [6.07, 6.45) is -3.26. The van der Waals surface area contributed by atoms with Crippen molar-refractivity contribution in [1.29, 1.82) is 0 Å². The van der Waals surface area contributed by atoms with E-state index in [4.69, 9.17) is 23.7 Å². The molecule has 0 spiro atoms. The molecule has 3 N–H and O–H groups in total. The number of aliphatic hydroxyl groups is 1. The summed E-state index contributed by atoms with van der Waals surface area (Å²) in [5, 5.41) is 30.1. The lowest BCUT2D eigenvalue weighted by atomic mass is 9.89. The second-order valence-electron chi connectivity index (χ2n) is 10.7. The highest BCUT2D eigenvalue weighted by Crippen LogP contribution is 2.42. The maximum atomic E-state index is 12.8. The summed E-state index contributed by atoms with van der Waals surface area (Å²) >= 11 is 0. The molecule has 0 fully saturated rings. The van der Waals surface area contributed by atoms with Crippen molar-refractivity contribution in [2.75, 3.05) is 19.8 Å². The van der Waals surface area contributed by atoms with E-state index in [0.29, 0.717) is 17.1 Å². The molecule has 0 saturated carbocycles.